The highest BCUT2D eigenvalue weighted by Crippen LogP contribution is 2.13. The van der Waals surface area contributed by atoms with Gasteiger partial charge in [0, 0.05) is 24.0 Å². The van der Waals surface area contributed by atoms with Gasteiger partial charge in [-0.25, -0.2) is 9.97 Å². The molecule has 0 saturated heterocycles. The van der Waals surface area contributed by atoms with Gasteiger partial charge < -0.3 is 5.32 Å². The first-order valence-corrected chi connectivity index (χ1v) is 6.98. The van der Waals surface area contributed by atoms with Crippen LogP contribution in [-0.4, -0.2) is 9.97 Å². The molecule has 0 amide bonds. The van der Waals surface area contributed by atoms with Gasteiger partial charge in [0.05, 0.1) is 5.52 Å². The minimum Gasteiger partial charge on any atom is -0.350 e. The zero-order valence-corrected chi connectivity index (χ0v) is 11.6. The fourth-order valence-corrected chi connectivity index (χ4v) is 2.23. The van der Waals surface area contributed by atoms with E-state index in [1.165, 1.54) is 5.56 Å². The molecule has 3 aromatic rings. The molecule has 0 unspecified atom stereocenters. The van der Waals surface area contributed by atoms with E-state index in [-0.39, 0.29) is 0 Å². The lowest BCUT2D eigenvalue weighted by Gasteiger charge is -2.06. The summed E-state index contributed by atoms with van der Waals surface area (Å²) < 4.78 is 0. The molecule has 1 heterocycles. The quantitative estimate of drug-likeness (QED) is 0.736. The normalized spacial score (nSPS) is 10.7. The third-order valence-corrected chi connectivity index (χ3v) is 3.39. The van der Waals surface area contributed by atoms with Crippen molar-refractivity contribution in [1.29, 1.82) is 0 Å². The Morgan fingerprint density at radius 1 is 1.00 bits per heavy atom. The zero-order valence-electron chi connectivity index (χ0n) is 10.9. The molecule has 3 rings (SSSR count). The van der Waals surface area contributed by atoms with E-state index < -0.39 is 0 Å². The Labute approximate surface area is 122 Å². The van der Waals surface area contributed by atoms with Gasteiger partial charge in [-0.2, -0.15) is 0 Å². The van der Waals surface area contributed by atoms with Crippen LogP contribution in [0.4, 0.5) is 5.95 Å². The van der Waals surface area contributed by atoms with Crippen molar-refractivity contribution in [3.05, 3.63) is 65.9 Å². The Hall–Kier alpha value is -2.13. The maximum atomic E-state index is 5.84. The van der Waals surface area contributed by atoms with Gasteiger partial charge in [0.15, 0.2) is 0 Å². The summed E-state index contributed by atoms with van der Waals surface area (Å²) >= 11 is 5.84. The van der Waals surface area contributed by atoms with E-state index in [2.05, 4.69) is 27.4 Å². The van der Waals surface area contributed by atoms with Gasteiger partial charge in [0.25, 0.3) is 0 Å². The number of para-hydroxylation sites is 1. The lowest BCUT2D eigenvalue weighted by Crippen LogP contribution is -2.03. The largest absolute Gasteiger partial charge is 0.350 e. The molecule has 0 aliphatic carbocycles. The number of hydrogen-bond donors (Lipinski definition) is 1. The maximum absolute atomic E-state index is 5.84. The van der Waals surface area contributed by atoms with E-state index in [4.69, 9.17) is 11.6 Å². The minimum atomic E-state index is 0.528. The molecule has 2 aromatic carbocycles. The number of fused-ring (bicyclic) bond motifs is 1. The number of halogens is 1. The van der Waals surface area contributed by atoms with Gasteiger partial charge in [-0.3, -0.25) is 0 Å². The molecule has 0 aliphatic rings. The summed E-state index contributed by atoms with van der Waals surface area (Å²) in [6.45, 7) is 0.684. The van der Waals surface area contributed by atoms with Gasteiger partial charge in [-0.15, -0.1) is 11.6 Å². The summed E-state index contributed by atoms with van der Waals surface area (Å²) in [5, 5.41) is 4.28. The van der Waals surface area contributed by atoms with Gasteiger partial charge in [0.1, 0.15) is 0 Å². The summed E-state index contributed by atoms with van der Waals surface area (Å²) in [4.78, 5) is 8.80. The van der Waals surface area contributed by atoms with Crippen molar-refractivity contribution in [2.75, 3.05) is 5.32 Å². The number of hydrogen-bond acceptors (Lipinski definition) is 3. The second kappa shape index (κ2) is 5.88. The van der Waals surface area contributed by atoms with Crippen molar-refractivity contribution >= 4 is 28.5 Å². The van der Waals surface area contributed by atoms with E-state index in [9.17, 15) is 0 Å². The van der Waals surface area contributed by atoms with E-state index in [0.717, 1.165) is 16.5 Å². The predicted octanol–water partition coefficient (Wildman–Crippen LogP) is 3.98. The summed E-state index contributed by atoms with van der Waals surface area (Å²) in [6.07, 6.45) is 1.83. The first kappa shape index (κ1) is 12.9. The zero-order chi connectivity index (χ0) is 13.8. The standard InChI is InChI=1S/C16H14ClN3/c17-9-12-4-3-5-13(8-12)10-18-16-19-11-14-6-1-2-7-15(14)20-16/h1-8,11H,9-10H2,(H,18,19,20). The number of anilines is 1. The van der Waals surface area contributed by atoms with Crippen molar-refractivity contribution in [3.8, 4) is 0 Å². The molecule has 0 radical (unpaired) electrons. The molecule has 1 aromatic heterocycles. The average molecular weight is 284 g/mol. The lowest BCUT2D eigenvalue weighted by molar-refractivity contribution is 1.07. The number of nitrogens with one attached hydrogen (secondary N) is 1. The lowest BCUT2D eigenvalue weighted by atomic mass is 10.1. The summed E-state index contributed by atoms with van der Waals surface area (Å²) in [6, 6.07) is 16.1. The maximum Gasteiger partial charge on any atom is 0.223 e. The van der Waals surface area contributed by atoms with E-state index in [0.29, 0.717) is 18.4 Å². The van der Waals surface area contributed by atoms with Crippen LogP contribution in [0.25, 0.3) is 10.9 Å². The highest BCUT2D eigenvalue weighted by molar-refractivity contribution is 6.17. The van der Waals surface area contributed by atoms with Crippen LogP contribution in [0.5, 0.6) is 0 Å². The molecule has 0 bridgehead atoms. The molecular formula is C16H14ClN3. The molecule has 0 saturated carbocycles. The Morgan fingerprint density at radius 3 is 2.75 bits per heavy atom. The van der Waals surface area contributed by atoms with Crippen LogP contribution < -0.4 is 5.32 Å². The first-order valence-electron chi connectivity index (χ1n) is 6.44. The molecule has 4 heteroatoms. The molecule has 0 spiro atoms. The van der Waals surface area contributed by atoms with E-state index in [1.807, 2.05) is 42.6 Å². The predicted molar refractivity (Wildman–Crippen MR) is 82.9 cm³/mol. The third kappa shape index (κ3) is 2.89. The molecule has 1 N–H and O–H groups in total. The fraction of sp³-hybridized carbons (Fsp3) is 0.125. The molecular weight excluding hydrogens is 270 g/mol. The monoisotopic (exact) mass is 283 g/mol. The topological polar surface area (TPSA) is 37.8 Å². The highest BCUT2D eigenvalue weighted by Gasteiger charge is 2.00. The van der Waals surface area contributed by atoms with Crippen molar-refractivity contribution in [3.63, 3.8) is 0 Å². The fourth-order valence-electron chi connectivity index (χ4n) is 2.06. The van der Waals surface area contributed by atoms with Crippen LogP contribution in [0, 0.1) is 0 Å². The van der Waals surface area contributed by atoms with Crippen LogP contribution in [0.1, 0.15) is 11.1 Å². The Morgan fingerprint density at radius 2 is 1.85 bits per heavy atom. The molecule has 0 aliphatic heterocycles. The Kier molecular flexibility index (Phi) is 3.79. The third-order valence-electron chi connectivity index (χ3n) is 3.09. The van der Waals surface area contributed by atoms with Crippen molar-refractivity contribution in [1.82, 2.24) is 9.97 Å². The van der Waals surface area contributed by atoms with Crippen LogP contribution in [0.15, 0.2) is 54.7 Å². The highest BCUT2D eigenvalue weighted by atomic mass is 35.5. The Balaban J connectivity index is 1.76. The van der Waals surface area contributed by atoms with E-state index >= 15 is 0 Å². The van der Waals surface area contributed by atoms with Crippen LogP contribution >= 0.6 is 11.6 Å². The molecule has 100 valence electrons. The SMILES string of the molecule is ClCc1cccc(CNc2ncc3ccccc3n2)c1. The summed E-state index contributed by atoms with van der Waals surface area (Å²) in [5.74, 6) is 1.17. The first-order chi connectivity index (χ1) is 9.85. The second-order valence-corrected chi connectivity index (χ2v) is 4.83. The molecule has 0 fully saturated rings. The number of nitrogens with zero attached hydrogens (tertiary/aromatic N) is 2. The van der Waals surface area contributed by atoms with Gasteiger partial charge >= 0.3 is 0 Å². The van der Waals surface area contributed by atoms with Crippen molar-refractivity contribution in [2.24, 2.45) is 0 Å². The molecule has 20 heavy (non-hydrogen) atoms. The number of benzene rings is 2. The van der Waals surface area contributed by atoms with Crippen LogP contribution in [0.2, 0.25) is 0 Å². The van der Waals surface area contributed by atoms with Crippen molar-refractivity contribution < 1.29 is 0 Å². The van der Waals surface area contributed by atoms with E-state index in [1.54, 1.807) is 0 Å². The minimum absolute atomic E-state index is 0.528. The molecule has 0 atom stereocenters. The second-order valence-electron chi connectivity index (χ2n) is 4.56. The number of aromatic nitrogens is 2. The van der Waals surface area contributed by atoms with Crippen molar-refractivity contribution in [2.45, 2.75) is 12.4 Å². The van der Waals surface area contributed by atoms with Gasteiger partial charge in [0.2, 0.25) is 5.95 Å². The van der Waals surface area contributed by atoms with Gasteiger partial charge in [-0.05, 0) is 17.2 Å². The smallest absolute Gasteiger partial charge is 0.223 e. The summed E-state index contributed by atoms with van der Waals surface area (Å²) in [5.41, 5.74) is 3.23. The van der Waals surface area contributed by atoms with Gasteiger partial charge in [-0.1, -0.05) is 42.5 Å². The average Bonchev–Trinajstić information content (AvgIpc) is 2.53. The number of alkyl halides is 1. The Bertz CT molecular complexity index is 727. The van der Waals surface area contributed by atoms with Crippen LogP contribution in [-0.2, 0) is 12.4 Å². The van der Waals surface area contributed by atoms with Crippen LogP contribution in [0.3, 0.4) is 0 Å². The summed E-state index contributed by atoms with van der Waals surface area (Å²) in [7, 11) is 0. The number of rotatable bonds is 4. The molecule has 3 nitrogen and oxygen atoms in total.